The average molecular weight is 625 g/mol. The van der Waals surface area contributed by atoms with Crippen molar-refractivity contribution in [3.8, 4) is 10.4 Å². The van der Waals surface area contributed by atoms with Gasteiger partial charge in [-0.25, -0.2) is 13.4 Å². The van der Waals surface area contributed by atoms with E-state index < -0.39 is 40.2 Å². The van der Waals surface area contributed by atoms with Crippen LogP contribution in [0.2, 0.25) is 0 Å². The Morgan fingerprint density at radius 2 is 1.86 bits per heavy atom. The van der Waals surface area contributed by atoms with Crippen LogP contribution in [-0.2, 0) is 21.2 Å². The quantitative estimate of drug-likeness (QED) is 0.322. The molecule has 226 valence electrons. The summed E-state index contributed by atoms with van der Waals surface area (Å²) in [5, 5.41) is 13.3. The number of carbonyl (C=O) groups is 2. The van der Waals surface area contributed by atoms with Gasteiger partial charge in [-0.15, -0.1) is 11.3 Å². The fraction of sp³-hybridized carbons (Fsp3) is 0.464. The van der Waals surface area contributed by atoms with Crippen LogP contribution in [0.3, 0.4) is 0 Å². The van der Waals surface area contributed by atoms with E-state index in [9.17, 15) is 36.3 Å². The van der Waals surface area contributed by atoms with Gasteiger partial charge in [0, 0.05) is 23.5 Å². The number of hydrogen-bond acceptors (Lipinski definition) is 7. The number of aliphatic carboxylic acids is 1. The van der Waals surface area contributed by atoms with E-state index in [4.69, 9.17) is 0 Å². The van der Waals surface area contributed by atoms with Crippen molar-refractivity contribution in [1.29, 1.82) is 0 Å². The molecule has 3 aromatic rings. The number of likely N-dealkylation sites (tertiary alicyclic amines) is 1. The summed E-state index contributed by atoms with van der Waals surface area (Å²) in [7, 11) is -2.83. The molecule has 1 saturated heterocycles. The molecule has 1 aliphatic carbocycles. The van der Waals surface area contributed by atoms with Crippen LogP contribution in [0.5, 0.6) is 0 Å². The van der Waals surface area contributed by atoms with Crippen LogP contribution in [0, 0.1) is 5.92 Å². The van der Waals surface area contributed by atoms with Crippen LogP contribution in [0.4, 0.5) is 13.2 Å². The van der Waals surface area contributed by atoms with E-state index in [2.05, 4.69) is 10.3 Å². The lowest BCUT2D eigenvalue weighted by atomic mass is 9.81. The van der Waals surface area contributed by atoms with Crippen molar-refractivity contribution in [3.63, 3.8) is 0 Å². The standard InChI is InChI=1S/C28H31F3N4O5S2/c1-15(28(29,30)31)34-42(39,40)23-11-10-20(18-8-3-4-9-19(18)23)24-21(12-16-6-5-7-16)33-26(41-24)25(36)32-17-13-22(27(37)38)35(2)14-17/h3-4,8-11,15-17,22,34H,5-7,12-14H2,1-2H3,(H,32,36)(H,37,38)/t15-,17-,22-/m0/s1. The Balaban J connectivity index is 1.51. The molecule has 0 bridgehead atoms. The number of amides is 1. The molecule has 1 amide bonds. The minimum atomic E-state index is -4.75. The predicted molar refractivity (Wildman–Crippen MR) is 152 cm³/mol. The van der Waals surface area contributed by atoms with Crippen LogP contribution in [0.1, 0.15) is 48.1 Å². The van der Waals surface area contributed by atoms with Gasteiger partial charge in [-0.05, 0) is 44.2 Å². The Morgan fingerprint density at radius 1 is 1.17 bits per heavy atom. The molecule has 0 spiro atoms. The number of thiazole rings is 1. The first-order valence-electron chi connectivity index (χ1n) is 13.6. The van der Waals surface area contributed by atoms with E-state index in [0.29, 0.717) is 40.4 Å². The number of hydrogen-bond donors (Lipinski definition) is 3. The van der Waals surface area contributed by atoms with Crippen molar-refractivity contribution in [2.24, 2.45) is 5.92 Å². The second-order valence-corrected chi connectivity index (χ2v) is 13.7. The summed E-state index contributed by atoms with van der Waals surface area (Å²) >= 11 is 1.16. The first kappa shape index (κ1) is 30.4. The minimum Gasteiger partial charge on any atom is -0.480 e. The largest absolute Gasteiger partial charge is 0.480 e. The summed E-state index contributed by atoms with van der Waals surface area (Å²) in [4.78, 5) is 31.5. The normalized spacial score (nSPS) is 20.9. The SMILES string of the molecule is C[C@H](NS(=O)(=O)c1ccc(-c2sc(C(=O)N[C@H]3C[C@@H](C(=O)O)N(C)C3)nc2CC2CCC2)c2ccccc12)C(F)(F)F. The van der Waals surface area contributed by atoms with Gasteiger partial charge in [0.25, 0.3) is 5.91 Å². The number of benzene rings is 2. The molecule has 5 rings (SSSR count). The number of nitrogens with one attached hydrogen (secondary N) is 2. The van der Waals surface area contributed by atoms with E-state index >= 15 is 0 Å². The maximum atomic E-state index is 13.3. The van der Waals surface area contributed by atoms with E-state index in [1.54, 1.807) is 47.0 Å². The molecule has 1 aromatic heterocycles. The number of carboxylic acids is 1. The van der Waals surface area contributed by atoms with Crippen LogP contribution in [0.25, 0.3) is 21.2 Å². The van der Waals surface area contributed by atoms with Crippen LogP contribution in [0.15, 0.2) is 41.3 Å². The molecular formula is C28H31F3N4O5S2. The number of likely N-dealkylation sites (N-methyl/N-ethyl adjacent to an activating group) is 1. The van der Waals surface area contributed by atoms with E-state index in [1.165, 1.54) is 6.07 Å². The smallest absolute Gasteiger partial charge is 0.404 e. The second kappa shape index (κ2) is 11.5. The summed E-state index contributed by atoms with van der Waals surface area (Å²) in [5.41, 5.74) is 1.33. The molecule has 2 fully saturated rings. The van der Waals surface area contributed by atoms with Gasteiger partial charge in [-0.3, -0.25) is 14.5 Å². The Morgan fingerprint density at radius 3 is 2.45 bits per heavy atom. The first-order chi connectivity index (χ1) is 19.7. The zero-order chi connectivity index (χ0) is 30.4. The lowest BCUT2D eigenvalue weighted by Crippen LogP contribution is -2.43. The first-order valence-corrected chi connectivity index (χ1v) is 15.9. The highest BCUT2D eigenvalue weighted by molar-refractivity contribution is 7.89. The molecule has 14 heteroatoms. The Kier molecular flexibility index (Phi) is 8.36. The lowest BCUT2D eigenvalue weighted by Gasteiger charge is -2.24. The third-order valence-corrected chi connectivity index (χ3v) is 10.7. The van der Waals surface area contributed by atoms with Gasteiger partial charge in [0.05, 0.1) is 15.5 Å². The van der Waals surface area contributed by atoms with Crippen LogP contribution in [-0.4, -0.2) is 73.2 Å². The van der Waals surface area contributed by atoms with E-state index in [1.807, 2.05) is 0 Å². The predicted octanol–water partition coefficient (Wildman–Crippen LogP) is 4.42. The fourth-order valence-electron chi connectivity index (χ4n) is 5.47. The zero-order valence-electron chi connectivity index (χ0n) is 22.9. The highest BCUT2D eigenvalue weighted by atomic mass is 32.2. The van der Waals surface area contributed by atoms with E-state index in [-0.39, 0.29) is 27.8 Å². The lowest BCUT2D eigenvalue weighted by molar-refractivity contribution is -0.147. The van der Waals surface area contributed by atoms with Gasteiger partial charge in [0.1, 0.15) is 12.1 Å². The highest BCUT2D eigenvalue weighted by Crippen LogP contribution is 2.41. The number of carboxylic acid groups (broad SMARTS) is 1. The van der Waals surface area contributed by atoms with Crippen molar-refractivity contribution >= 4 is 44.0 Å². The highest BCUT2D eigenvalue weighted by Gasteiger charge is 2.39. The van der Waals surface area contributed by atoms with Crippen molar-refractivity contribution in [1.82, 2.24) is 19.9 Å². The maximum absolute atomic E-state index is 13.3. The van der Waals surface area contributed by atoms with Gasteiger partial charge in [-0.1, -0.05) is 49.6 Å². The number of rotatable bonds is 9. The topological polar surface area (TPSA) is 129 Å². The fourth-order valence-corrected chi connectivity index (χ4v) is 7.95. The number of nitrogens with zero attached hydrogens (tertiary/aromatic N) is 2. The van der Waals surface area contributed by atoms with Crippen molar-refractivity contribution in [2.45, 2.75) is 68.2 Å². The van der Waals surface area contributed by atoms with Gasteiger partial charge in [0.15, 0.2) is 5.01 Å². The number of fused-ring (bicyclic) bond motifs is 1. The van der Waals surface area contributed by atoms with Crippen LogP contribution < -0.4 is 10.0 Å². The molecule has 9 nitrogen and oxygen atoms in total. The van der Waals surface area contributed by atoms with Crippen molar-refractivity contribution < 1.29 is 36.3 Å². The van der Waals surface area contributed by atoms with E-state index in [0.717, 1.165) is 37.5 Å². The van der Waals surface area contributed by atoms with Gasteiger partial charge >= 0.3 is 12.1 Å². The third kappa shape index (κ3) is 6.17. The molecule has 0 radical (unpaired) electrons. The molecule has 3 N–H and O–H groups in total. The zero-order valence-corrected chi connectivity index (χ0v) is 24.6. The Labute approximate surface area is 245 Å². The summed E-state index contributed by atoms with van der Waals surface area (Å²) in [6, 6.07) is 6.09. The molecule has 3 atom stereocenters. The summed E-state index contributed by atoms with van der Waals surface area (Å²) in [5.74, 6) is -0.964. The minimum absolute atomic E-state index is 0.210. The molecular weight excluding hydrogens is 593 g/mol. The number of alkyl halides is 3. The molecule has 1 aliphatic heterocycles. The second-order valence-electron chi connectivity index (χ2n) is 11.0. The average Bonchev–Trinajstić information content (AvgIpc) is 3.48. The van der Waals surface area contributed by atoms with Crippen molar-refractivity contribution in [3.05, 3.63) is 47.1 Å². The van der Waals surface area contributed by atoms with Gasteiger partial charge in [0.2, 0.25) is 10.0 Å². The Bertz CT molecular complexity index is 1620. The molecule has 0 unspecified atom stereocenters. The molecule has 2 aromatic carbocycles. The van der Waals surface area contributed by atoms with Gasteiger partial charge in [-0.2, -0.15) is 17.9 Å². The Hall–Kier alpha value is -3.07. The summed E-state index contributed by atoms with van der Waals surface area (Å²) in [6.07, 6.45) is -0.676. The summed E-state index contributed by atoms with van der Waals surface area (Å²) in [6.45, 7) is 1.13. The molecule has 42 heavy (non-hydrogen) atoms. The molecule has 2 aliphatic rings. The maximum Gasteiger partial charge on any atom is 0.404 e. The number of sulfonamides is 1. The number of aromatic nitrogens is 1. The number of halogens is 3. The monoisotopic (exact) mass is 624 g/mol. The van der Waals surface area contributed by atoms with Gasteiger partial charge < -0.3 is 10.4 Å². The summed E-state index contributed by atoms with van der Waals surface area (Å²) < 4.78 is 67.3. The molecule has 2 heterocycles. The van der Waals surface area contributed by atoms with Crippen LogP contribution >= 0.6 is 11.3 Å². The van der Waals surface area contributed by atoms with Crippen molar-refractivity contribution in [2.75, 3.05) is 13.6 Å². The number of carbonyl (C=O) groups excluding carboxylic acids is 1. The third-order valence-electron chi connectivity index (χ3n) is 8.01. The molecule has 1 saturated carbocycles.